The maximum absolute atomic E-state index is 12.3. The first-order valence-corrected chi connectivity index (χ1v) is 10.5. The monoisotopic (exact) mass is 459 g/mol. The van der Waals surface area contributed by atoms with Gasteiger partial charge in [-0.15, -0.1) is 11.3 Å². The first-order chi connectivity index (χ1) is 15.3. The number of ether oxygens (including phenoxy) is 1. The zero-order valence-electron chi connectivity index (χ0n) is 17.8. The fraction of sp³-hybridized carbons (Fsp3) is 0.333. The number of carbonyl (C=O) groups is 3. The van der Waals surface area contributed by atoms with Crippen molar-refractivity contribution in [2.45, 2.75) is 25.8 Å². The van der Waals surface area contributed by atoms with Gasteiger partial charge in [0.2, 0.25) is 5.91 Å². The molecule has 0 aliphatic carbocycles. The summed E-state index contributed by atoms with van der Waals surface area (Å²) >= 11 is 1.28. The summed E-state index contributed by atoms with van der Waals surface area (Å²) in [6, 6.07) is 9.20. The first kappa shape index (κ1) is 24.5. The van der Waals surface area contributed by atoms with Gasteiger partial charge in [0.05, 0.1) is 19.2 Å². The number of hydrogen-bond acceptors (Lipinski definition) is 6. The lowest BCUT2D eigenvalue weighted by Crippen LogP contribution is -2.34. The van der Waals surface area contributed by atoms with Crippen molar-refractivity contribution in [1.82, 2.24) is 10.2 Å². The molecule has 1 aliphatic rings. The molecule has 11 heteroatoms. The van der Waals surface area contributed by atoms with Gasteiger partial charge in [0.15, 0.2) is 0 Å². The second-order valence-corrected chi connectivity index (χ2v) is 7.89. The number of urea groups is 1. The summed E-state index contributed by atoms with van der Waals surface area (Å²) in [5, 5.41) is 24.1. The predicted molar refractivity (Wildman–Crippen MR) is 120 cm³/mol. The van der Waals surface area contributed by atoms with Crippen LogP contribution in [0.15, 0.2) is 24.3 Å². The number of carboxylic acid groups (broad SMARTS) is 1. The number of fused-ring (bicyclic) bond motifs is 1. The minimum atomic E-state index is -0.976. The quantitative estimate of drug-likeness (QED) is 0.538. The molecule has 0 radical (unpaired) electrons. The third kappa shape index (κ3) is 6.61. The van der Waals surface area contributed by atoms with Crippen molar-refractivity contribution in [3.8, 4) is 11.8 Å². The minimum Gasteiger partial charge on any atom is -0.497 e. The molecule has 1 aromatic carbocycles. The number of methoxy groups -OCH3 is 1. The molecule has 3 rings (SSSR count). The van der Waals surface area contributed by atoms with E-state index in [0.29, 0.717) is 30.0 Å². The van der Waals surface area contributed by atoms with E-state index in [4.69, 9.17) is 9.84 Å². The number of amides is 4. The SMILES string of the molecule is CNC(N)=O.COc1cccc(CCC(=O)Nc2sc3c(c2C#N)CCN(C(=O)O)C3)c1. The number of benzene rings is 1. The van der Waals surface area contributed by atoms with Gasteiger partial charge in [0.1, 0.15) is 16.8 Å². The molecule has 0 unspecified atom stereocenters. The Kier molecular flexibility index (Phi) is 8.85. The fourth-order valence-corrected chi connectivity index (χ4v) is 4.28. The Morgan fingerprint density at radius 3 is 2.69 bits per heavy atom. The van der Waals surface area contributed by atoms with Gasteiger partial charge in [0, 0.05) is 24.9 Å². The predicted octanol–water partition coefficient (Wildman–Crippen LogP) is 2.52. The van der Waals surface area contributed by atoms with Crippen LogP contribution in [0.2, 0.25) is 0 Å². The van der Waals surface area contributed by atoms with Crippen LogP contribution >= 0.6 is 11.3 Å². The van der Waals surface area contributed by atoms with E-state index in [-0.39, 0.29) is 18.9 Å². The second kappa shape index (κ2) is 11.6. The van der Waals surface area contributed by atoms with Gasteiger partial charge < -0.3 is 31.1 Å². The van der Waals surface area contributed by atoms with Gasteiger partial charge in [-0.2, -0.15) is 5.26 Å². The van der Waals surface area contributed by atoms with Crippen LogP contribution in [0.3, 0.4) is 0 Å². The molecule has 2 aromatic rings. The van der Waals surface area contributed by atoms with Gasteiger partial charge in [-0.1, -0.05) is 12.1 Å². The first-order valence-electron chi connectivity index (χ1n) is 9.71. The molecule has 0 bridgehead atoms. The number of hydrogen-bond donors (Lipinski definition) is 4. The highest BCUT2D eigenvalue weighted by Gasteiger charge is 2.27. The van der Waals surface area contributed by atoms with E-state index in [9.17, 15) is 19.6 Å². The number of aryl methyl sites for hydroxylation is 1. The number of nitriles is 1. The van der Waals surface area contributed by atoms with E-state index in [1.807, 2.05) is 24.3 Å². The Balaban J connectivity index is 0.000000654. The summed E-state index contributed by atoms with van der Waals surface area (Å²) in [6.07, 6.45) is 0.349. The Labute approximate surface area is 189 Å². The van der Waals surface area contributed by atoms with Gasteiger partial charge in [-0.05, 0) is 36.1 Å². The van der Waals surface area contributed by atoms with Crippen molar-refractivity contribution in [2.75, 3.05) is 26.0 Å². The Hall–Kier alpha value is -3.78. The Morgan fingerprint density at radius 1 is 1.38 bits per heavy atom. The lowest BCUT2D eigenvalue weighted by Gasteiger charge is -2.23. The van der Waals surface area contributed by atoms with Crippen LogP contribution in [0.4, 0.5) is 14.6 Å². The van der Waals surface area contributed by atoms with Crippen LogP contribution < -0.4 is 21.1 Å². The van der Waals surface area contributed by atoms with E-state index >= 15 is 0 Å². The van der Waals surface area contributed by atoms with Crippen LogP contribution in [0.1, 0.15) is 28.0 Å². The summed E-state index contributed by atoms with van der Waals surface area (Å²) < 4.78 is 5.18. The molecule has 0 fully saturated rings. The number of carbonyl (C=O) groups excluding carboxylic acids is 2. The molecule has 0 saturated carbocycles. The van der Waals surface area contributed by atoms with Gasteiger partial charge in [-0.3, -0.25) is 4.79 Å². The van der Waals surface area contributed by atoms with E-state index in [0.717, 1.165) is 21.8 Å². The largest absolute Gasteiger partial charge is 0.497 e. The van der Waals surface area contributed by atoms with Crippen molar-refractivity contribution in [1.29, 1.82) is 5.26 Å². The smallest absolute Gasteiger partial charge is 0.407 e. The summed E-state index contributed by atoms with van der Waals surface area (Å²) in [5.41, 5.74) is 6.84. The van der Waals surface area contributed by atoms with Crippen LogP contribution in [-0.2, 0) is 24.2 Å². The lowest BCUT2D eigenvalue weighted by atomic mass is 10.0. The zero-order chi connectivity index (χ0) is 23.7. The standard InChI is InChI=1S/C19H19N3O4S.C2H6N2O/c1-26-13-4-2-3-12(9-13)5-6-17(23)21-18-15(10-20)14-7-8-22(19(24)25)11-16(14)27-18;1-4-2(3)5/h2-4,9H,5-8,11H2,1H3,(H,21,23)(H,24,25);1H3,(H3,3,4,5). The lowest BCUT2D eigenvalue weighted by molar-refractivity contribution is -0.116. The number of anilines is 1. The maximum Gasteiger partial charge on any atom is 0.407 e. The highest BCUT2D eigenvalue weighted by molar-refractivity contribution is 7.16. The number of primary amides is 1. The van der Waals surface area contributed by atoms with Crippen LogP contribution in [0, 0.1) is 11.3 Å². The van der Waals surface area contributed by atoms with Crippen molar-refractivity contribution >= 4 is 34.4 Å². The molecule has 32 heavy (non-hydrogen) atoms. The second-order valence-electron chi connectivity index (χ2n) is 6.79. The highest BCUT2D eigenvalue weighted by Crippen LogP contribution is 2.36. The average molecular weight is 460 g/mol. The molecule has 1 aliphatic heterocycles. The normalized spacial score (nSPS) is 11.8. The van der Waals surface area contributed by atoms with E-state index in [1.54, 1.807) is 7.11 Å². The molecule has 170 valence electrons. The molecule has 0 spiro atoms. The molecule has 0 saturated heterocycles. The Bertz CT molecular complexity index is 1030. The van der Waals surface area contributed by atoms with Crippen LogP contribution in [0.25, 0.3) is 0 Å². The summed E-state index contributed by atoms with van der Waals surface area (Å²) in [5.74, 6) is 0.566. The molecular weight excluding hydrogens is 434 g/mol. The maximum atomic E-state index is 12.3. The third-order valence-corrected chi connectivity index (χ3v) is 5.85. The fourth-order valence-electron chi connectivity index (χ4n) is 3.05. The van der Waals surface area contributed by atoms with Gasteiger partial charge in [0.25, 0.3) is 0 Å². The minimum absolute atomic E-state index is 0.178. The third-order valence-electron chi connectivity index (χ3n) is 4.71. The van der Waals surface area contributed by atoms with Crippen LogP contribution in [0.5, 0.6) is 5.75 Å². The Morgan fingerprint density at radius 2 is 2.09 bits per heavy atom. The van der Waals surface area contributed by atoms with Gasteiger partial charge >= 0.3 is 12.1 Å². The van der Waals surface area contributed by atoms with E-state index in [1.165, 1.54) is 23.3 Å². The summed E-state index contributed by atoms with van der Waals surface area (Å²) in [4.78, 5) is 35.1. The van der Waals surface area contributed by atoms with Crippen molar-refractivity contribution in [3.05, 3.63) is 45.8 Å². The number of rotatable bonds is 5. The summed E-state index contributed by atoms with van der Waals surface area (Å²) in [6.45, 7) is 0.612. The van der Waals surface area contributed by atoms with Crippen molar-refractivity contribution in [2.24, 2.45) is 5.73 Å². The number of nitrogens with one attached hydrogen (secondary N) is 2. The average Bonchev–Trinajstić information content (AvgIpc) is 3.14. The van der Waals surface area contributed by atoms with Crippen LogP contribution in [-0.4, -0.2) is 48.7 Å². The van der Waals surface area contributed by atoms with E-state index in [2.05, 4.69) is 22.4 Å². The molecule has 4 amide bonds. The van der Waals surface area contributed by atoms with Crippen molar-refractivity contribution in [3.63, 3.8) is 0 Å². The van der Waals surface area contributed by atoms with E-state index < -0.39 is 12.1 Å². The molecule has 10 nitrogen and oxygen atoms in total. The number of nitrogens with two attached hydrogens (primary N) is 1. The molecule has 5 N–H and O–H groups in total. The molecule has 2 heterocycles. The number of thiophene rings is 1. The molecule has 1 aromatic heterocycles. The van der Waals surface area contributed by atoms with Gasteiger partial charge in [-0.25, -0.2) is 9.59 Å². The molecule has 0 atom stereocenters. The molecular formula is C21H25N5O5S. The highest BCUT2D eigenvalue weighted by atomic mass is 32.1. The zero-order valence-corrected chi connectivity index (χ0v) is 18.6. The van der Waals surface area contributed by atoms with Crippen molar-refractivity contribution < 1.29 is 24.2 Å². The number of nitrogens with zero attached hydrogens (tertiary/aromatic N) is 2. The summed E-state index contributed by atoms with van der Waals surface area (Å²) in [7, 11) is 3.07. The topological polar surface area (TPSA) is 158 Å².